The normalized spacial score (nSPS) is 26.4. The van der Waals surface area contributed by atoms with Crippen LogP contribution in [0.1, 0.15) is 167 Å². The summed E-state index contributed by atoms with van der Waals surface area (Å²) >= 11 is 0. The van der Waals surface area contributed by atoms with Gasteiger partial charge in [0.1, 0.15) is 55.4 Å². The molecule has 2 saturated heterocycles. The van der Waals surface area contributed by atoms with Crippen LogP contribution < -0.4 is 0 Å². The lowest BCUT2D eigenvalue weighted by Crippen LogP contribution is -2.61. The molecule has 4 unspecified atom stereocenters. The van der Waals surface area contributed by atoms with Gasteiger partial charge in [0.15, 0.2) is 18.7 Å². The van der Waals surface area contributed by atoms with E-state index in [1.165, 1.54) is 57.8 Å². The largest absolute Gasteiger partial charge is 0.462 e. The van der Waals surface area contributed by atoms with E-state index in [4.69, 9.17) is 28.4 Å². The third kappa shape index (κ3) is 26.3. The summed E-state index contributed by atoms with van der Waals surface area (Å²) in [5, 5.41) is 72.0. The van der Waals surface area contributed by atoms with E-state index in [1.54, 1.807) is 0 Å². The summed E-state index contributed by atoms with van der Waals surface area (Å²) < 4.78 is 33.5. The Morgan fingerprint density at radius 2 is 0.985 bits per heavy atom. The van der Waals surface area contributed by atoms with Crippen molar-refractivity contribution in [2.24, 2.45) is 0 Å². The number of hydrogen-bond donors (Lipinski definition) is 7. The summed E-state index contributed by atoms with van der Waals surface area (Å²) in [6, 6.07) is 0. The second kappa shape index (κ2) is 38.3. The van der Waals surface area contributed by atoms with Gasteiger partial charge in [-0.1, -0.05) is 139 Å². The lowest BCUT2D eigenvalue weighted by molar-refractivity contribution is -0.332. The summed E-state index contributed by atoms with van der Waals surface area (Å²) in [4.78, 5) is 25.7. The summed E-state index contributed by atoms with van der Waals surface area (Å²) in [5.74, 6) is -0.948. The maximum absolute atomic E-state index is 13.0. The van der Waals surface area contributed by atoms with Crippen molar-refractivity contribution in [3.05, 3.63) is 49.1 Å². The molecule has 7 N–H and O–H groups in total. The smallest absolute Gasteiger partial charge is 0.306 e. The van der Waals surface area contributed by atoms with Crippen molar-refractivity contribution in [3.63, 3.8) is 0 Å². The average molecular weight is 941 g/mol. The minimum absolute atomic E-state index is 0.159. The fourth-order valence-electron chi connectivity index (χ4n) is 7.80. The quantitative estimate of drug-likeness (QED) is 0.0193. The van der Waals surface area contributed by atoms with Crippen LogP contribution in [0.4, 0.5) is 0 Å². The molecule has 0 aliphatic carbocycles. The van der Waals surface area contributed by atoms with E-state index in [1.807, 2.05) is 6.08 Å². The monoisotopic (exact) mass is 941 g/mol. The van der Waals surface area contributed by atoms with Crippen molar-refractivity contribution in [1.82, 2.24) is 0 Å². The molecule has 0 radical (unpaired) electrons. The SMILES string of the molecule is C=CCCCCCCCCCCCCCCCC(=O)O[C@H](COC(=O)CCCCCCC/C=C/C/C=C/C/C=C/CC)CO[C@@H]1O[C@H](CO[C@@H]2O[C@H](CO)[C@H](O)C(O)C2O)[C@H](O)C(O)C1O. The number of aliphatic hydroxyl groups excluding tert-OH is 7. The van der Waals surface area contributed by atoms with Crippen LogP contribution in [0.2, 0.25) is 0 Å². The first-order valence-electron chi connectivity index (χ1n) is 25.2. The highest BCUT2D eigenvalue weighted by Gasteiger charge is 2.47. The van der Waals surface area contributed by atoms with Gasteiger partial charge in [-0.3, -0.25) is 9.59 Å². The third-order valence-corrected chi connectivity index (χ3v) is 11.9. The van der Waals surface area contributed by atoms with Crippen LogP contribution in [-0.4, -0.2) is 142 Å². The standard InChI is InChI=1S/C51H88O15/c1-3-5-7-9-11-13-15-17-19-21-23-25-27-29-31-33-42(53)61-36-39(64-43(54)34-32-30-28-26-24-22-20-18-16-14-12-10-8-6-4-2)37-62-50-49(60)47(58)45(56)41(66-50)38-63-51-48(59)46(57)44(55)40(35-52)65-51/h4-5,7,11,13,17,19,39-41,44-52,55-60H,2-3,6,8-10,12,14-16,18,20-38H2,1H3/b7-5+,13-11+,19-17+/t39-,40-,41-,44+,45+,46?,47?,48?,49?,50-,51-/m1/s1. The Balaban J connectivity index is 1.82. The van der Waals surface area contributed by atoms with Gasteiger partial charge in [0, 0.05) is 12.8 Å². The van der Waals surface area contributed by atoms with Gasteiger partial charge in [-0.15, -0.1) is 6.58 Å². The van der Waals surface area contributed by atoms with Crippen molar-refractivity contribution < 1.29 is 73.8 Å². The molecule has 0 aromatic carbocycles. The fourth-order valence-corrected chi connectivity index (χ4v) is 7.80. The molecule has 15 heteroatoms. The lowest BCUT2D eigenvalue weighted by atomic mass is 9.98. The molecular weight excluding hydrogens is 853 g/mol. The number of carbonyl (C=O) groups is 2. The highest BCUT2D eigenvalue weighted by atomic mass is 16.7. The molecule has 382 valence electrons. The van der Waals surface area contributed by atoms with E-state index in [-0.39, 0.29) is 26.1 Å². The number of esters is 2. The van der Waals surface area contributed by atoms with Gasteiger partial charge in [-0.2, -0.15) is 0 Å². The predicted octanol–water partition coefficient (Wildman–Crippen LogP) is 6.71. The molecule has 2 aliphatic heterocycles. The van der Waals surface area contributed by atoms with Crippen molar-refractivity contribution in [1.29, 1.82) is 0 Å². The maximum Gasteiger partial charge on any atom is 0.306 e. The van der Waals surface area contributed by atoms with Gasteiger partial charge in [-0.05, 0) is 57.8 Å². The van der Waals surface area contributed by atoms with Gasteiger partial charge in [-0.25, -0.2) is 0 Å². The van der Waals surface area contributed by atoms with E-state index in [0.29, 0.717) is 12.8 Å². The molecule has 0 saturated carbocycles. The minimum Gasteiger partial charge on any atom is -0.462 e. The minimum atomic E-state index is -1.77. The number of aliphatic hydroxyl groups is 7. The first-order chi connectivity index (χ1) is 32.0. The molecule has 11 atom stereocenters. The molecule has 2 rings (SSSR count). The molecule has 0 amide bonds. The Morgan fingerprint density at radius 3 is 1.53 bits per heavy atom. The Labute approximate surface area is 395 Å². The Morgan fingerprint density at radius 1 is 0.530 bits per heavy atom. The molecule has 15 nitrogen and oxygen atoms in total. The highest BCUT2D eigenvalue weighted by Crippen LogP contribution is 2.26. The summed E-state index contributed by atoms with van der Waals surface area (Å²) in [6.07, 6.45) is 23.2. The first kappa shape index (κ1) is 59.6. The number of rotatable bonds is 39. The van der Waals surface area contributed by atoms with Gasteiger partial charge >= 0.3 is 11.9 Å². The van der Waals surface area contributed by atoms with Gasteiger partial charge in [0.25, 0.3) is 0 Å². The first-order valence-corrected chi connectivity index (χ1v) is 25.2. The van der Waals surface area contributed by atoms with Crippen LogP contribution in [0.15, 0.2) is 49.1 Å². The summed E-state index contributed by atoms with van der Waals surface area (Å²) in [6.45, 7) is 3.99. The molecule has 0 bridgehead atoms. The molecule has 0 aromatic heterocycles. The Hall–Kier alpha value is -2.54. The number of carbonyl (C=O) groups excluding carboxylic acids is 2. The summed E-state index contributed by atoms with van der Waals surface area (Å²) in [5.41, 5.74) is 0. The zero-order valence-corrected chi connectivity index (χ0v) is 40.0. The topological polar surface area (TPSA) is 231 Å². The Bertz CT molecular complexity index is 1320. The molecule has 0 aromatic rings. The van der Waals surface area contributed by atoms with E-state index in [9.17, 15) is 45.3 Å². The van der Waals surface area contributed by atoms with Crippen LogP contribution >= 0.6 is 0 Å². The second-order valence-electron chi connectivity index (χ2n) is 17.7. The van der Waals surface area contributed by atoms with Crippen LogP contribution in [0.5, 0.6) is 0 Å². The van der Waals surface area contributed by atoms with Crippen LogP contribution in [-0.2, 0) is 38.0 Å². The lowest BCUT2D eigenvalue weighted by Gasteiger charge is -2.42. The number of unbranched alkanes of at least 4 members (excludes halogenated alkanes) is 18. The summed E-state index contributed by atoms with van der Waals surface area (Å²) in [7, 11) is 0. The molecule has 2 heterocycles. The average Bonchev–Trinajstić information content (AvgIpc) is 3.31. The van der Waals surface area contributed by atoms with Crippen LogP contribution in [0.3, 0.4) is 0 Å². The number of ether oxygens (including phenoxy) is 6. The highest BCUT2D eigenvalue weighted by molar-refractivity contribution is 5.70. The zero-order chi connectivity index (χ0) is 48.2. The molecule has 66 heavy (non-hydrogen) atoms. The van der Waals surface area contributed by atoms with E-state index >= 15 is 0 Å². The number of hydrogen-bond acceptors (Lipinski definition) is 15. The maximum atomic E-state index is 13.0. The number of allylic oxidation sites excluding steroid dienone is 7. The van der Waals surface area contributed by atoms with Crippen LogP contribution in [0, 0.1) is 0 Å². The molecule has 0 spiro atoms. The Kier molecular flexibility index (Phi) is 34.6. The van der Waals surface area contributed by atoms with Gasteiger partial charge in [0.05, 0.1) is 19.8 Å². The molecular formula is C51H88O15. The van der Waals surface area contributed by atoms with Crippen molar-refractivity contribution in [3.8, 4) is 0 Å². The predicted molar refractivity (Wildman–Crippen MR) is 252 cm³/mol. The molecule has 2 fully saturated rings. The molecule has 2 aliphatic rings. The van der Waals surface area contributed by atoms with E-state index in [2.05, 4.69) is 50.0 Å². The van der Waals surface area contributed by atoms with E-state index in [0.717, 1.165) is 77.0 Å². The van der Waals surface area contributed by atoms with E-state index < -0.39 is 92.7 Å². The van der Waals surface area contributed by atoms with Gasteiger partial charge in [0.2, 0.25) is 0 Å². The zero-order valence-electron chi connectivity index (χ0n) is 40.0. The van der Waals surface area contributed by atoms with Crippen LogP contribution in [0.25, 0.3) is 0 Å². The van der Waals surface area contributed by atoms with Gasteiger partial charge < -0.3 is 64.2 Å². The second-order valence-corrected chi connectivity index (χ2v) is 17.7. The van der Waals surface area contributed by atoms with Crippen molar-refractivity contribution in [2.45, 2.75) is 235 Å². The third-order valence-electron chi connectivity index (χ3n) is 11.9. The fraction of sp³-hybridized carbons (Fsp3) is 0.804. The van der Waals surface area contributed by atoms with Crippen molar-refractivity contribution in [2.75, 3.05) is 26.4 Å². The van der Waals surface area contributed by atoms with Crippen molar-refractivity contribution >= 4 is 11.9 Å².